The summed E-state index contributed by atoms with van der Waals surface area (Å²) in [6.07, 6.45) is 0. The van der Waals surface area contributed by atoms with Crippen molar-refractivity contribution in [2.45, 2.75) is 12.8 Å². The zero-order chi connectivity index (χ0) is 12.7. The number of halogens is 3. The Labute approximate surface area is 117 Å². The molecule has 0 saturated heterocycles. The molecule has 0 aliphatic rings. The van der Waals surface area contributed by atoms with Crippen LogP contribution in [0.4, 0.5) is 4.39 Å². The lowest BCUT2D eigenvalue weighted by molar-refractivity contribution is 0.628. The molecule has 0 bridgehead atoms. The Morgan fingerprint density at radius 1 is 1.47 bits per heavy atom. The summed E-state index contributed by atoms with van der Waals surface area (Å²) in [5, 5.41) is 0.406. The van der Waals surface area contributed by atoms with E-state index in [1.54, 1.807) is 6.92 Å². The predicted molar refractivity (Wildman–Crippen MR) is 76.2 cm³/mol. The van der Waals surface area contributed by atoms with Crippen molar-refractivity contribution in [3.63, 3.8) is 0 Å². The molecule has 1 heterocycles. The van der Waals surface area contributed by atoms with Gasteiger partial charge in [0.1, 0.15) is 5.82 Å². The third-order valence-electron chi connectivity index (χ3n) is 2.83. The fourth-order valence-electron chi connectivity index (χ4n) is 2.03. The van der Waals surface area contributed by atoms with Crippen LogP contribution in [0.1, 0.15) is 11.3 Å². The molecule has 90 valence electrons. The second-order valence-corrected chi connectivity index (χ2v) is 5.25. The molecule has 2 aromatic rings. The minimum absolute atomic E-state index is 0.156. The van der Waals surface area contributed by atoms with Crippen molar-refractivity contribution in [1.29, 1.82) is 0 Å². The fraction of sp³-hybridized carbons (Fsp3) is 0.250. The summed E-state index contributed by atoms with van der Waals surface area (Å²) in [7, 11) is 1.84. The lowest BCUT2D eigenvalue weighted by atomic mass is 10.1. The van der Waals surface area contributed by atoms with E-state index in [2.05, 4.69) is 0 Å². The molecule has 0 radical (unpaired) electrons. The molecule has 0 atom stereocenters. The molecule has 0 aliphatic heterocycles. The molecule has 17 heavy (non-hydrogen) atoms. The highest BCUT2D eigenvalue weighted by Crippen LogP contribution is 2.22. The monoisotopic (exact) mass is 365 g/mol. The Morgan fingerprint density at radius 2 is 2.12 bits per heavy atom. The predicted octanol–water partition coefficient (Wildman–Crippen LogP) is 3.33. The van der Waals surface area contributed by atoms with Crippen LogP contribution in [0.25, 0.3) is 10.9 Å². The third kappa shape index (κ3) is 1.97. The Kier molecular flexibility index (Phi) is 3.45. The summed E-state index contributed by atoms with van der Waals surface area (Å²) in [6, 6.07) is 2.71. The van der Waals surface area contributed by atoms with Gasteiger partial charge in [-0.15, -0.1) is 11.6 Å². The zero-order valence-electron chi connectivity index (χ0n) is 9.35. The molecule has 5 heteroatoms. The maximum absolute atomic E-state index is 13.3. The van der Waals surface area contributed by atoms with Crippen molar-refractivity contribution in [3.05, 3.63) is 43.0 Å². The summed E-state index contributed by atoms with van der Waals surface area (Å²) >= 11 is 7.82. The highest BCUT2D eigenvalue weighted by Gasteiger charge is 2.14. The van der Waals surface area contributed by atoms with Gasteiger partial charge < -0.3 is 4.57 Å². The first-order valence-corrected chi connectivity index (χ1v) is 6.62. The summed E-state index contributed by atoms with van der Waals surface area (Å²) in [4.78, 5) is 12.1. The molecule has 0 saturated carbocycles. The standard InChI is InChI=1S/C12H10ClFINO/c1-6-3-7(14)4-8-11(6)16(2)9(5-13)10(15)12(8)17/h3-4H,5H2,1-2H3. The summed E-state index contributed by atoms with van der Waals surface area (Å²) in [6.45, 7) is 1.79. The van der Waals surface area contributed by atoms with Crippen molar-refractivity contribution in [3.8, 4) is 0 Å². The minimum Gasteiger partial charge on any atom is -0.345 e. The molecule has 2 rings (SSSR count). The average molecular weight is 366 g/mol. The van der Waals surface area contributed by atoms with Crippen molar-refractivity contribution in [2.75, 3.05) is 0 Å². The van der Waals surface area contributed by atoms with Crippen LogP contribution in [-0.2, 0) is 12.9 Å². The number of hydrogen-bond donors (Lipinski definition) is 0. The van der Waals surface area contributed by atoms with Crippen molar-refractivity contribution in [2.24, 2.45) is 7.05 Å². The molecule has 1 aromatic carbocycles. The van der Waals surface area contributed by atoms with E-state index in [1.165, 1.54) is 12.1 Å². The van der Waals surface area contributed by atoms with E-state index in [1.807, 2.05) is 34.2 Å². The maximum Gasteiger partial charge on any atom is 0.203 e. The topological polar surface area (TPSA) is 22.0 Å². The number of nitrogens with zero attached hydrogens (tertiary/aromatic N) is 1. The van der Waals surface area contributed by atoms with Gasteiger partial charge in [0.05, 0.1) is 20.7 Å². The summed E-state index contributed by atoms with van der Waals surface area (Å²) in [5.41, 5.74) is 2.09. The number of alkyl halides is 1. The van der Waals surface area contributed by atoms with Crippen molar-refractivity contribution < 1.29 is 4.39 Å². The molecule has 0 N–H and O–H groups in total. The third-order valence-corrected chi connectivity index (χ3v) is 4.20. The van der Waals surface area contributed by atoms with E-state index in [-0.39, 0.29) is 17.1 Å². The second kappa shape index (κ2) is 4.57. The van der Waals surface area contributed by atoms with E-state index in [0.29, 0.717) is 8.96 Å². The van der Waals surface area contributed by atoms with Crippen molar-refractivity contribution >= 4 is 45.1 Å². The summed E-state index contributed by atoms with van der Waals surface area (Å²) in [5.74, 6) is -0.127. The molecule has 0 spiro atoms. The molecular formula is C12H10ClFINO. The number of aryl methyl sites for hydroxylation is 2. The van der Waals surface area contributed by atoms with Crippen LogP contribution in [0.5, 0.6) is 0 Å². The van der Waals surface area contributed by atoms with Gasteiger partial charge in [0, 0.05) is 12.4 Å². The molecule has 0 unspecified atom stereocenters. The normalized spacial score (nSPS) is 11.1. The number of rotatable bonds is 1. The lowest BCUT2D eigenvalue weighted by Crippen LogP contribution is -2.17. The Morgan fingerprint density at radius 3 is 2.71 bits per heavy atom. The van der Waals surface area contributed by atoms with Crippen LogP contribution >= 0.6 is 34.2 Å². The van der Waals surface area contributed by atoms with Gasteiger partial charge >= 0.3 is 0 Å². The molecular weight excluding hydrogens is 355 g/mol. The number of pyridine rings is 1. The molecule has 2 nitrogen and oxygen atoms in total. The molecule has 0 fully saturated rings. The van der Waals surface area contributed by atoms with Crippen LogP contribution in [0.15, 0.2) is 16.9 Å². The average Bonchev–Trinajstić information content (AvgIpc) is 2.25. The smallest absolute Gasteiger partial charge is 0.203 e. The van der Waals surface area contributed by atoms with Gasteiger partial charge in [0.25, 0.3) is 0 Å². The van der Waals surface area contributed by atoms with Crippen LogP contribution < -0.4 is 5.43 Å². The fourth-order valence-corrected chi connectivity index (χ4v) is 3.42. The molecule has 0 amide bonds. The first-order valence-electron chi connectivity index (χ1n) is 5.00. The first-order chi connectivity index (χ1) is 7.97. The maximum atomic E-state index is 13.3. The first kappa shape index (κ1) is 12.8. The Bertz CT molecular complexity index is 666. The Balaban J connectivity index is 3.09. The number of benzene rings is 1. The lowest BCUT2D eigenvalue weighted by Gasteiger charge is -2.14. The van der Waals surface area contributed by atoms with Crippen LogP contribution in [0, 0.1) is 16.3 Å². The minimum atomic E-state index is -0.387. The van der Waals surface area contributed by atoms with Gasteiger partial charge in [-0.1, -0.05) is 0 Å². The Hall–Kier alpha value is -0.620. The van der Waals surface area contributed by atoms with E-state index >= 15 is 0 Å². The summed E-state index contributed by atoms with van der Waals surface area (Å²) < 4.78 is 15.8. The van der Waals surface area contributed by atoms with Gasteiger partial charge in [-0.05, 0) is 47.2 Å². The SMILES string of the molecule is Cc1cc(F)cc2c(=O)c(I)c(CCl)n(C)c12. The van der Waals surface area contributed by atoms with E-state index < -0.39 is 0 Å². The van der Waals surface area contributed by atoms with Crippen molar-refractivity contribution in [1.82, 2.24) is 4.57 Å². The quantitative estimate of drug-likeness (QED) is 0.561. The number of hydrogen-bond acceptors (Lipinski definition) is 1. The largest absolute Gasteiger partial charge is 0.345 e. The van der Waals surface area contributed by atoms with E-state index in [0.717, 1.165) is 16.8 Å². The van der Waals surface area contributed by atoms with Gasteiger partial charge in [-0.2, -0.15) is 0 Å². The molecule has 1 aromatic heterocycles. The molecule has 0 aliphatic carbocycles. The van der Waals surface area contributed by atoms with Gasteiger partial charge in [-0.3, -0.25) is 4.79 Å². The second-order valence-electron chi connectivity index (χ2n) is 3.90. The number of aromatic nitrogens is 1. The van der Waals surface area contributed by atoms with E-state index in [4.69, 9.17) is 11.6 Å². The van der Waals surface area contributed by atoms with Crippen LogP contribution in [0.3, 0.4) is 0 Å². The highest BCUT2D eigenvalue weighted by molar-refractivity contribution is 14.1. The van der Waals surface area contributed by atoms with Gasteiger partial charge in [-0.25, -0.2) is 4.39 Å². The van der Waals surface area contributed by atoms with Gasteiger partial charge in [0.15, 0.2) is 0 Å². The zero-order valence-corrected chi connectivity index (χ0v) is 12.3. The van der Waals surface area contributed by atoms with E-state index in [9.17, 15) is 9.18 Å². The van der Waals surface area contributed by atoms with Gasteiger partial charge in [0.2, 0.25) is 5.43 Å². The van der Waals surface area contributed by atoms with Crippen LogP contribution in [-0.4, -0.2) is 4.57 Å². The highest BCUT2D eigenvalue weighted by atomic mass is 127. The number of fused-ring (bicyclic) bond motifs is 1. The van der Waals surface area contributed by atoms with Crippen LogP contribution in [0.2, 0.25) is 0 Å².